The van der Waals surface area contributed by atoms with E-state index in [1.54, 1.807) is 27.7 Å². The van der Waals surface area contributed by atoms with E-state index in [2.05, 4.69) is 0 Å². The van der Waals surface area contributed by atoms with Gasteiger partial charge >= 0.3 is 11.9 Å². The van der Waals surface area contributed by atoms with E-state index in [-0.39, 0.29) is 24.2 Å². The molecule has 2 rings (SSSR count). The van der Waals surface area contributed by atoms with Gasteiger partial charge in [-0.3, -0.25) is 14.4 Å². The fourth-order valence-corrected chi connectivity index (χ4v) is 3.52. The Balaban J connectivity index is 2.23. The molecule has 0 heterocycles. The van der Waals surface area contributed by atoms with Crippen molar-refractivity contribution in [2.45, 2.75) is 59.0 Å². The van der Waals surface area contributed by atoms with Crippen molar-refractivity contribution in [2.24, 2.45) is 17.3 Å². The maximum absolute atomic E-state index is 12.6. The topological polar surface area (TPSA) is 69.7 Å². The predicted octanol–water partition coefficient (Wildman–Crippen LogP) is 2.27. The molecular formula is C16H24O5. The van der Waals surface area contributed by atoms with E-state index in [9.17, 15) is 14.4 Å². The summed E-state index contributed by atoms with van der Waals surface area (Å²) >= 11 is 0. The second kappa shape index (κ2) is 5.43. The fraction of sp³-hybridized carbons (Fsp3) is 0.812. The summed E-state index contributed by atoms with van der Waals surface area (Å²) < 4.78 is 10.6. The van der Waals surface area contributed by atoms with Gasteiger partial charge in [0.05, 0.1) is 6.61 Å². The number of hydrogen-bond donors (Lipinski definition) is 0. The highest BCUT2D eigenvalue weighted by Gasteiger charge is 2.60. The van der Waals surface area contributed by atoms with Crippen LogP contribution in [0.4, 0.5) is 0 Å². The number of ether oxygens (including phenoxy) is 2. The zero-order chi connectivity index (χ0) is 15.8. The number of ketones is 1. The molecule has 0 aromatic heterocycles. The second-order valence-electron chi connectivity index (χ2n) is 7.18. The van der Waals surface area contributed by atoms with Gasteiger partial charge in [0.1, 0.15) is 11.4 Å². The summed E-state index contributed by atoms with van der Waals surface area (Å²) in [5, 5.41) is 0. The Kier molecular flexibility index (Phi) is 4.13. The Morgan fingerprint density at radius 2 is 1.67 bits per heavy atom. The molecule has 2 fully saturated rings. The Hall–Kier alpha value is -1.39. The Morgan fingerprint density at radius 3 is 2.10 bits per heavy atom. The van der Waals surface area contributed by atoms with E-state index in [1.165, 1.54) is 0 Å². The summed E-state index contributed by atoms with van der Waals surface area (Å²) in [5.74, 6) is -0.563. The average molecular weight is 296 g/mol. The third-order valence-corrected chi connectivity index (χ3v) is 4.32. The molecule has 0 N–H and O–H groups in total. The van der Waals surface area contributed by atoms with E-state index >= 15 is 0 Å². The summed E-state index contributed by atoms with van der Waals surface area (Å²) in [6, 6.07) is 0. The Labute approximate surface area is 125 Å². The third-order valence-electron chi connectivity index (χ3n) is 4.32. The van der Waals surface area contributed by atoms with E-state index in [4.69, 9.17) is 9.47 Å². The number of fused-ring (bicyclic) bond motifs is 1. The molecule has 0 unspecified atom stereocenters. The van der Waals surface area contributed by atoms with Crippen LogP contribution in [0.25, 0.3) is 0 Å². The lowest BCUT2D eigenvalue weighted by Gasteiger charge is -2.30. The molecule has 118 valence electrons. The SMILES string of the molecule is CCOC(=O)C1(C(=O)OC(C)(C)C)C[C@@H]2CC(=O)C[C@H]2C1. The molecule has 0 saturated heterocycles. The molecule has 2 saturated carbocycles. The van der Waals surface area contributed by atoms with Crippen LogP contribution in [0.2, 0.25) is 0 Å². The van der Waals surface area contributed by atoms with Crippen molar-refractivity contribution in [3.8, 4) is 0 Å². The average Bonchev–Trinajstić information content (AvgIpc) is 2.81. The molecule has 0 aliphatic heterocycles. The number of carbonyl (C=O) groups is 3. The lowest BCUT2D eigenvalue weighted by atomic mass is 9.83. The second-order valence-corrected chi connectivity index (χ2v) is 7.18. The molecule has 0 bridgehead atoms. The molecule has 21 heavy (non-hydrogen) atoms. The molecule has 2 aliphatic rings. The first-order valence-corrected chi connectivity index (χ1v) is 7.60. The van der Waals surface area contributed by atoms with Crippen molar-refractivity contribution in [3.63, 3.8) is 0 Å². The first-order chi connectivity index (χ1) is 9.68. The summed E-state index contributed by atoms with van der Waals surface area (Å²) in [7, 11) is 0. The van der Waals surface area contributed by atoms with Gasteiger partial charge in [0.25, 0.3) is 0 Å². The fourth-order valence-electron chi connectivity index (χ4n) is 3.52. The van der Waals surface area contributed by atoms with Gasteiger partial charge in [0, 0.05) is 12.8 Å². The van der Waals surface area contributed by atoms with Crippen LogP contribution in [0.5, 0.6) is 0 Å². The summed E-state index contributed by atoms with van der Waals surface area (Å²) in [5.41, 5.74) is -1.87. The van der Waals surface area contributed by atoms with Crippen LogP contribution in [0.15, 0.2) is 0 Å². The molecule has 2 aliphatic carbocycles. The summed E-state index contributed by atoms with van der Waals surface area (Å²) in [4.78, 5) is 36.5. The summed E-state index contributed by atoms with van der Waals surface area (Å²) in [6.45, 7) is 7.30. The number of hydrogen-bond acceptors (Lipinski definition) is 5. The highest BCUT2D eigenvalue weighted by atomic mass is 16.6. The maximum atomic E-state index is 12.6. The monoisotopic (exact) mass is 296 g/mol. The van der Waals surface area contributed by atoms with E-state index < -0.39 is 23.0 Å². The quantitative estimate of drug-likeness (QED) is 0.590. The van der Waals surface area contributed by atoms with Crippen molar-refractivity contribution in [2.75, 3.05) is 6.61 Å². The minimum Gasteiger partial charge on any atom is -0.465 e. The first-order valence-electron chi connectivity index (χ1n) is 7.60. The van der Waals surface area contributed by atoms with Gasteiger partial charge in [0.15, 0.2) is 5.41 Å². The third kappa shape index (κ3) is 3.11. The van der Waals surface area contributed by atoms with Gasteiger partial charge in [-0.15, -0.1) is 0 Å². The van der Waals surface area contributed by atoms with Crippen molar-refractivity contribution in [1.29, 1.82) is 0 Å². The molecule has 0 spiro atoms. The molecule has 0 aromatic carbocycles. The molecule has 5 heteroatoms. The minimum atomic E-state index is -1.22. The Morgan fingerprint density at radius 1 is 1.14 bits per heavy atom. The number of rotatable bonds is 3. The minimum absolute atomic E-state index is 0.106. The highest BCUT2D eigenvalue weighted by Crippen LogP contribution is 2.53. The lowest BCUT2D eigenvalue weighted by molar-refractivity contribution is -0.179. The first kappa shape index (κ1) is 16.0. The molecule has 2 atom stereocenters. The van der Waals surface area contributed by atoms with Gasteiger partial charge in [-0.05, 0) is 52.4 Å². The normalized spacial score (nSPS) is 27.3. The standard InChI is InChI=1S/C16H24O5/c1-5-20-13(18)16(14(19)21-15(2,3)4)8-10-6-12(17)7-11(10)9-16/h10-11H,5-9H2,1-4H3/t10-,11-/m0/s1. The molecule has 0 radical (unpaired) electrons. The Bertz CT molecular complexity index is 444. The van der Waals surface area contributed by atoms with Gasteiger partial charge in [0.2, 0.25) is 0 Å². The number of carbonyl (C=O) groups excluding carboxylic acids is 3. The van der Waals surface area contributed by atoms with Crippen LogP contribution in [-0.4, -0.2) is 29.9 Å². The smallest absolute Gasteiger partial charge is 0.324 e. The van der Waals surface area contributed by atoms with E-state index in [0.717, 1.165) is 0 Å². The number of esters is 2. The van der Waals surface area contributed by atoms with Crippen LogP contribution in [0, 0.1) is 17.3 Å². The highest BCUT2D eigenvalue weighted by molar-refractivity contribution is 6.01. The molecular weight excluding hydrogens is 272 g/mol. The van der Waals surface area contributed by atoms with Gasteiger partial charge < -0.3 is 9.47 Å². The van der Waals surface area contributed by atoms with Crippen LogP contribution >= 0.6 is 0 Å². The lowest BCUT2D eigenvalue weighted by Crippen LogP contribution is -2.43. The molecule has 5 nitrogen and oxygen atoms in total. The summed E-state index contributed by atoms with van der Waals surface area (Å²) in [6.07, 6.45) is 1.68. The van der Waals surface area contributed by atoms with Gasteiger partial charge in [-0.25, -0.2) is 0 Å². The zero-order valence-corrected chi connectivity index (χ0v) is 13.2. The van der Waals surface area contributed by atoms with E-state index in [1.807, 2.05) is 0 Å². The largest absolute Gasteiger partial charge is 0.465 e. The number of Topliss-reactive ketones (excluding diaryl/α,β-unsaturated/α-hetero) is 1. The van der Waals surface area contributed by atoms with Crippen LogP contribution in [0.3, 0.4) is 0 Å². The van der Waals surface area contributed by atoms with E-state index in [0.29, 0.717) is 25.7 Å². The predicted molar refractivity (Wildman–Crippen MR) is 75.4 cm³/mol. The maximum Gasteiger partial charge on any atom is 0.324 e. The van der Waals surface area contributed by atoms with Crippen molar-refractivity contribution in [3.05, 3.63) is 0 Å². The van der Waals surface area contributed by atoms with Crippen LogP contribution in [-0.2, 0) is 23.9 Å². The van der Waals surface area contributed by atoms with Gasteiger partial charge in [-0.2, -0.15) is 0 Å². The van der Waals surface area contributed by atoms with Crippen LogP contribution in [0.1, 0.15) is 53.4 Å². The van der Waals surface area contributed by atoms with Crippen molar-refractivity contribution >= 4 is 17.7 Å². The zero-order valence-electron chi connectivity index (χ0n) is 13.2. The van der Waals surface area contributed by atoms with Crippen molar-refractivity contribution < 1.29 is 23.9 Å². The van der Waals surface area contributed by atoms with Gasteiger partial charge in [-0.1, -0.05) is 0 Å². The molecule has 0 amide bonds. The molecule has 0 aromatic rings. The van der Waals surface area contributed by atoms with Crippen LogP contribution < -0.4 is 0 Å². The van der Waals surface area contributed by atoms with Crippen molar-refractivity contribution in [1.82, 2.24) is 0 Å².